The maximum absolute atomic E-state index is 6.13. The molecule has 1 aliphatic heterocycles. The van der Waals surface area contributed by atoms with E-state index in [2.05, 4.69) is 29.2 Å². The van der Waals surface area contributed by atoms with Gasteiger partial charge in [-0.2, -0.15) is 0 Å². The predicted molar refractivity (Wildman–Crippen MR) is 66.2 cm³/mol. The van der Waals surface area contributed by atoms with Crippen molar-refractivity contribution in [3.05, 3.63) is 35.4 Å². The molecular formula is C14H20N2. The van der Waals surface area contributed by atoms with Crippen molar-refractivity contribution >= 4 is 0 Å². The van der Waals surface area contributed by atoms with Gasteiger partial charge in [-0.1, -0.05) is 24.3 Å². The van der Waals surface area contributed by atoms with E-state index in [4.69, 9.17) is 5.73 Å². The third-order valence-electron chi connectivity index (χ3n) is 4.03. The number of nitrogens with two attached hydrogens (primary N) is 1. The summed E-state index contributed by atoms with van der Waals surface area (Å²) in [7, 11) is 0. The van der Waals surface area contributed by atoms with E-state index in [1.165, 1.54) is 49.9 Å². The van der Waals surface area contributed by atoms with Crippen molar-refractivity contribution < 1.29 is 0 Å². The highest BCUT2D eigenvalue weighted by molar-refractivity contribution is 5.29. The molecule has 0 atom stereocenters. The Hall–Kier alpha value is -0.860. The molecule has 0 bridgehead atoms. The number of hydrogen-bond acceptors (Lipinski definition) is 2. The first-order chi connectivity index (χ1) is 7.75. The lowest BCUT2D eigenvalue weighted by Gasteiger charge is -2.29. The zero-order valence-electron chi connectivity index (χ0n) is 9.78. The monoisotopic (exact) mass is 216 g/mol. The van der Waals surface area contributed by atoms with Crippen molar-refractivity contribution in [2.45, 2.75) is 37.8 Å². The second-order valence-corrected chi connectivity index (χ2v) is 5.41. The molecule has 3 rings (SSSR count). The van der Waals surface area contributed by atoms with Gasteiger partial charge >= 0.3 is 0 Å². The molecule has 1 saturated carbocycles. The van der Waals surface area contributed by atoms with Gasteiger partial charge in [-0.3, -0.25) is 4.90 Å². The maximum Gasteiger partial charge on any atom is 0.0236 e. The number of fused-ring (bicyclic) bond motifs is 1. The normalized spacial score (nSPS) is 22.8. The van der Waals surface area contributed by atoms with Crippen molar-refractivity contribution in [3.8, 4) is 0 Å². The second kappa shape index (κ2) is 3.86. The Bertz CT molecular complexity index is 382. The lowest BCUT2D eigenvalue weighted by atomic mass is 9.99. The average Bonchev–Trinajstić information content (AvgIpc) is 3.05. The molecule has 86 valence electrons. The van der Waals surface area contributed by atoms with E-state index in [0.717, 1.165) is 6.54 Å². The van der Waals surface area contributed by atoms with Crippen LogP contribution in [0.1, 0.15) is 30.4 Å². The van der Waals surface area contributed by atoms with Crippen LogP contribution < -0.4 is 5.73 Å². The molecule has 0 unspecified atom stereocenters. The topological polar surface area (TPSA) is 29.3 Å². The number of hydrogen-bond donors (Lipinski definition) is 1. The van der Waals surface area contributed by atoms with Crippen LogP contribution in [0, 0.1) is 0 Å². The molecule has 0 saturated heterocycles. The molecule has 0 spiro atoms. The Balaban J connectivity index is 1.60. The van der Waals surface area contributed by atoms with Crippen LogP contribution in [-0.4, -0.2) is 23.5 Å². The molecule has 2 nitrogen and oxygen atoms in total. The van der Waals surface area contributed by atoms with Gasteiger partial charge in [0, 0.05) is 25.2 Å². The highest BCUT2D eigenvalue weighted by atomic mass is 15.1. The van der Waals surface area contributed by atoms with E-state index >= 15 is 0 Å². The summed E-state index contributed by atoms with van der Waals surface area (Å²) < 4.78 is 0. The summed E-state index contributed by atoms with van der Waals surface area (Å²) in [5.74, 6) is 0. The number of benzene rings is 1. The van der Waals surface area contributed by atoms with Crippen LogP contribution >= 0.6 is 0 Å². The van der Waals surface area contributed by atoms with E-state index in [1.807, 2.05) is 0 Å². The zero-order chi connectivity index (χ0) is 11.0. The highest BCUT2D eigenvalue weighted by Crippen LogP contribution is 2.35. The SMILES string of the molecule is NC1(CCN2CCc3ccccc3C2)CC1. The predicted octanol–water partition coefficient (Wildman–Crippen LogP) is 1.93. The third kappa shape index (κ3) is 2.13. The molecule has 2 heteroatoms. The molecule has 0 amide bonds. The van der Waals surface area contributed by atoms with E-state index < -0.39 is 0 Å². The molecule has 0 aromatic heterocycles. The molecule has 1 aromatic carbocycles. The molecule has 2 N–H and O–H groups in total. The van der Waals surface area contributed by atoms with Crippen LogP contribution in [0.4, 0.5) is 0 Å². The fourth-order valence-corrected chi connectivity index (χ4v) is 2.54. The van der Waals surface area contributed by atoms with Gasteiger partial charge in [0.05, 0.1) is 0 Å². The van der Waals surface area contributed by atoms with Crippen LogP contribution in [0.5, 0.6) is 0 Å². The van der Waals surface area contributed by atoms with E-state index in [1.54, 1.807) is 0 Å². The van der Waals surface area contributed by atoms with Crippen LogP contribution in [0.15, 0.2) is 24.3 Å². The van der Waals surface area contributed by atoms with Gasteiger partial charge in [-0.15, -0.1) is 0 Å². The van der Waals surface area contributed by atoms with E-state index in [9.17, 15) is 0 Å². The van der Waals surface area contributed by atoms with Gasteiger partial charge in [0.2, 0.25) is 0 Å². The molecule has 0 radical (unpaired) electrons. The summed E-state index contributed by atoms with van der Waals surface area (Å²) in [6, 6.07) is 8.82. The van der Waals surface area contributed by atoms with E-state index in [0.29, 0.717) is 0 Å². The van der Waals surface area contributed by atoms with Gasteiger partial charge in [-0.25, -0.2) is 0 Å². The zero-order valence-corrected chi connectivity index (χ0v) is 9.78. The average molecular weight is 216 g/mol. The molecule has 1 heterocycles. The molecule has 1 fully saturated rings. The summed E-state index contributed by atoms with van der Waals surface area (Å²) in [6.07, 6.45) is 4.85. The minimum Gasteiger partial charge on any atom is -0.325 e. The Morgan fingerprint density at radius 3 is 2.69 bits per heavy atom. The van der Waals surface area contributed by atoms with Crippen LogP contribution in [0.25, 0.3) is 0 Å². The summed E-state index contributed by atoms with van der Waals surface area (Å²) in [5.41, 5.74) is 9.38. The Morgan fingerprint density at radius 1 is 1.19 bits per heavy atom. The van der Waals surface area contributed by atoms with Crippen molar-refractivity contribution in [1.82, 2.24) is 4.90 Å². The van der Waals surface area contributed by atoms with Crippen molar-refractivity contribution in [1.29, 1.82) is 0 Å². The largest absolute Gasteiger partial charge is 0.325 e. The molecule has 2 aliphatic rings. The van der Waals surface area contributed by atoms with Gasteiger partial charge < -0.3 is 5.73 Å². The van der Waals surface area contributed by atoms with Crippen LogP contribution in [0.3, 0.4) is 0 Å². The van der Waals surface area contributed by atoms with Crippen molar-refractivity contribution in [2.75, 3.05) is 13.1 Å². The van der Waals surface area contributed by atoms with E-state index in [-0.39, 0.29) is 5.54 Å². The van der Waals surface area contributed by atoms with Crippen molar-refractivity contribution in [3.63, 3.8) is 0 Å². The highest BCUT2D eigenvalue weighted by Gasteiger charge is 2.37. The van der Waals surface area contributed by atoms with Crippen LogP contribution in [0.2, 0.25) is 0 Å². The molecule has 1 aliphatic carbocycles. The fraction of sp³-hybridized carbons (Fsp3) is 0.571. The molecular weight excluding hydrogens is 196 g/mol. The molecule has 1 aromatic rings. The summed E-state index contributed by atoms with van der Waals surface area (Å²) >= 11 is 0. The summed E-state index contributed by atoms with van der Waals surface area (Å²) in [5, 5.41) is 0. The first-order valence-electron chi connectivity index (χ1n) is 6.33. The fourth-order valence-electron chi connectivity index (χ4n) is 2.54. The third-order valence-corrected chi connectivity index (χ3v) is 4.03. The van der Waals surface area contributed by atoms with Gasteiger partial charge in [-0.05, 0) is 36.8 Å². The van der Waals surface area contributed by atoms with Crippen LogP contribution in [-0.2, 0) is 13.0 Å². The Kier molecular flexibility index (Phi) is 2.49. The molecule has 16 heavy (non-hydrogen) atoms. The maximum atomic E-state index is 6.13. The minimum absolute atomic E-state index is 0.205. The smallest absolute Gasteiger partial charge is 0.0236 e. The minimum atomic E-state index is 0.205. The number of rotatable bonds is 3. The standard InChI is InChI=1S/C14H20N2/c15-14(6-7-14)8-10-16-9-5-12-3-1-2-4-13(12)11-16/h1-4H,5-11,15H2. The first kappa shape index (κ1) is 10.3. The second-order valence-electron chi connectivity index (χ2n) is 5.41. The Labute approximate surface area is 97.4 Å². The first-order valence-corrected chi connectivity index (χ1v) is 6.33. The summed E-state index contributed by atoms with van der Waals surface area (Å²) in [6.45, 7) is 3.49. The van der Waals surface area contributed by atoms with Crippen molar-refractivity contribution in [2.24, 2.45) is 5.73 Å². The van der Waals surface area contributed by atoms with Gasteiger partial charge in [0.1, 0.15) is 0 Å². The quantitative estimate of drug-likeness (QED) is 0.836. The lowest BCUT2D eigenvalue weighted by molar-refractivity contribution is 0.242. The summed E-state index contributed by atoms with van der Waals surface area (Å²) in [4.78, 5) is 2.55. The number of nitrogens with zero attached hydrogens (tertiary/aromatic N) is 1. The van der Waals surface area contributed by atoms with Gasteiger partial charge in [0.15, 0.2) is 0 Å². The van der Waals surface area contributed by atoms with Gasteiger partial charge in [0.25, 0.3) is 0 Å². The Morgan fingerprint density at radius 2 is 1.94 bits per heavy atom. The lowest BCUT2D eigenvalue weighted by Crippen LogP contribution is -2.35.